The minimum atomic E-state index is -0.802. The molecule has 0 amide bonds. The number of nitrogens with two attached hydrogens (primary N) is 1. The highest BCUT2D eigenvalue weighted by molar-refractivity contribution is 5.53. The first-order chi connectivity index (χ1) is 16.4. The van der Waals surface area contributed by atoms with Gasteiger partial charge < -0.3 is 20.5 Å². The summed E-state index contributed by atoms with van der Waals surface area (Å²) in [5.41, 5.74) is 7.24. The van der Waals surface area contributed by atoms with Crippen LogP contribution in [0.3, 0.4) is 0 Å². The van der Waals surface area contributed by atoms with Crippen LogP contribution in [0, 0.1) is 30.1 Å². The molecule has 1 aromatic carbocycles. The highest BCUT2D eigenvalue weighted by Crippen LogP contribution is 2.32. The molecule has 0 spiro atoms. The average molecular weight is 462 g/mol. The number of benzene rings is 1. The summed E-state index contributed by atoms with van der Waals surface area (Å²) in [5, 5.41) is 23.8. The van der Waals surface area contributed by atoms with Crippen molar-refractivity contribution in [3.05, 3.63) is 53.6 Å². The van der Waals surface area contributed by atoms with E-state index >= 15 is 0 Å². The van der Waals surface area contributed by atoms with E-state index in [1.54, 1.807) is 35.3 Å². The number of rotatable bonds is 7. The van der Waals surface area contributed by atoms with E-state index in [-0.39, 0.29) is 6.54 Å². The zero-order valence-electron chi connectivity index (χ0n) is 19.8. The number of hydrogen-bond acceptors (Lipinski definition) is 8. The number of nitriles is 1. The SMILES string of the molecule is Cc1nc(Oc2cc(C#N)ccc2-n2cc([C@@H](O)CN)cn2)cc(N2CCC(C(C)C)CC2)n1. The Morgan fingerprint density at radius 2 is 2.00 bits per heavy atom. The second kappa shape index (κ2) is 10.2. The Hall–Kier alpha value is -3.48. The van der Waals surface area contributed by atoms with Gasteiger partial charge in [0, 0.05) is 43.5 Å². The van der Waals surface area contributed by atoms with Crippen molar-refractivity contribution in [1.82, 2.24) is 19.7 Å². The molecule has 3 heterocycles. The summed E-state index contributed by atoms with van der Waals surface area (Å²) in [7, 11) is 0. The molecule has 178 valence electrons. The first-order valence-electron chi connectivity index (χ1n) is 11.6. The molecule has 9 heteroatoms. The number of aryl methyl sites for hydroxylation is 1. The van der Waals surface area contributed by atoms with Gasteiger partial charge in [-0.25, -0.2) is 9.67 Å². The Balaban J connectivity index is 1.62. The lowest BCUT2D eigenvalue weighted by Crippen LogP contribution is -2.35. The van der Waals surface area contributed by atoms with Crippen molar-refractivity contribution in [2.24, 2.45) is 17.6 Å². The van der Waals surface area contributed by atoms with E-state index < -0.39 is 6.10 Å². The van der Waals surface area contributed by atoms with Crippen LogP contribution in [0.4, 0.5) is 5.82 Å². The van der Waals surface area contributed by atoms with Crippen molar-refractivity contribution < 1.29 is 9.84 Å². The molecule has 2 aromatic heterocycles. The van der Waals surface area contributed by atoms with Crippen molar-refractivity contribution >= 4 is 5.82 Å². The van der Waals surface area contributed by atoms with E-state index in [2.05, 4.69) is 39.9 Å². The summed E-state index contributed by atoms with van der Waals surface area (Å²) in [6.07, 6.45) is 4.74. The fourth-order valence-electron chi connectivity index (χ4n) is 4.28. The monoisotopic (exact) mass is 461 g/mol. The molecule has 4 rings (SSSR count). The third-order valence-corrected chi connectivity index (χ3v) is 6.37. The standard InChI is InChI=1S/C25H31N7O2/c1-16(2)19-6-8-31(9-7-19)24-11-25(30-17(3)29-24)34-23-10-18(12-26)4-5-21(23)32-15-20(14-28-32)22(33)13-27/h4-5,10-11,14-16,19,22,33H,6-9,13,27H2,1-3H3/t22-/m0/s1. The molecule has 0 saturated carbocycles. The number of hydrogen-bond donors (Lipinski definition) is 2. The van der Waals surface area contributed by atoms with E-state index in [1.165, 1.54) is 0 Å². The van der Waals surface area contributed by atoms with Crippen molar-refractivity contribution in [1.29, 1.82) is 5.26 Å². The van der Waals surface area contributed by atoms with E-state index in [4.69, 9.17) is 10.5 Å². The molecule has 3 aromatic rings. The summed E-state index contributed by atoms with van der Waals surface area (Å²) in [5.74, 6) is 3.72. The number of piperidine rings is 1. The Kier molecular flexibility index (Phi) is 7.10. The summed E-state index contributed by atoms with van der Waals surface area (Å²) >= 11 is 0. The van der Waals surface area contributed by atoms with Gasteiger partial charge in [0.25, 0.3) is 0 Å². The molecule has 1 fully saturated rings. The number of aliphatic hydroxyl groups is 1. The molecule has 34 heavy (non-hydrogen) atoms. The number of aromatic nitrogens is 4. The van der Waals surface area contributed by atoms with E-state index in [9.17, 15) is 10.4 Å². The zero-order chi connectivity index (χ0) is 24.2. The lowest BCUT2D eigenvalue weighted by Gasteiger charge is -2.34. The van der Waals surface area contributed by atoms with Gasteiger partial charge in [0.2, 0.25) is 5.88 Å². The second-order valence-electron chi connectivity index (χ2n) is 9.05. The van der Waals surface area contributed by atoms with Crippen molar-refractivity contribution in [3.8, 4) is 23.4 Å². The van der Waals surface area contributed by atoms with Crippen LogP contribution >= 0.6 is 0 Å². The minimum absolute atomic E-state index is 0.0970. The number of anilines is 1. The van der Waals surface area contributed by atoms with Crippen LogP contribution in [0.15, 0.2) is 36.7 Å². The molecule has 3 N–H and O–H groups in total. The topological polar surface area (TPSA) is 126 Å². The molecule has 0 unspecified atom stereocenters. The fourth-order valence-corrected chi connectivity index (χ4v) is 4.28. The Bertz CT molecular complexity index is 1180. The minimum Gasteiger partial charge on any atom is -0.437 e. The highest BCUT2D eigenvalue weighted by Gasteiger charge is 2.23. The van der Waals surface area contributed by atoms with Gasteiger partial charge in [-0.3, -0.25) is 0 Å². The molecule has 1 aliphatic heterocycles. The molecule has 1 saturated heterocycles. The summed E-state index contributed by atoms with van der Waals surface area (Å²) in [6, 6.07) is 9.09. The number of nitrogens with zero attached hydrogens (tertiary/aromatic N) is 6. The average Bonchev–Trinajstić information content (AvgIpc) is 3.33. The lowest BCUT2D eigenvalue weighted by atomic mass is 9.87. The van der Waals surface area contributed by atoms with Gasteiger partial charge in [-0.15, -0.1) is 0 Å². The smallest absolute Gasteiger partial charge is 0.224 e. The van der Waals surface area contributed by atoms with Crippen LogP contribution < -0.4 is 15.4 Å². The maximum atomic E-state index is 10.0. The van der Waals surface area contributed by atoms with Crippen LogP contribution in [0.1, 0.15) is 49.7 Å². The third kappa shape index (κ3) is 5.19. The third-order valence-electron chi connectivity index (χ3n) is 6.37. The summed E-state index contributed by atoms with van der Waals surface area (Å²) in [4.78, 5) is 11.4. The normalized spacial score (nSPS) is 15.4. The highest BCUT2D eigenvalue weighted by atomic mass is 16.5. The van der Waals surface area contributed by atoms with Gasteiger partial charge in [-0.2, -0.15) is 15.3 Å². The van der Waals surface area contributed by atoms with Gasteiger partial charge in [0.05, 0.1) is 23.9 Å². The van der Waals surface area contributed by atoms with Gasteiger partial charge >= 0.3 is 0 Å². The maximum Gasteiger partial charge on any atom is 0.224 e. The van der Waals surface area contributed by atoms with Crippen molar-refractivity contribution in [2.45, 2.75) is 39.7 Å². The van der Waals surface area contributed by atoms with Crippen molar-refractivity contribution in [2.75, 3.05) is 24.5 Å². The summed E-state index contributed by atoms with van der Waals surface area (Å²) < 4.78 is 7.79. The molecule has 1 atom stereocenters. The van der Waals surface area contributed by atoms with Crippen LogP contribution in [0.5, 0.6) is 11.6 Å². The van der Waals surface area contributed by atoms with Crippen molar-refractivity contribution in [3.63, 3.8) is 0 Å². The first kappa shape index (κ1) is 23.7. The summed E-state index contributed by atoms with van der Waals surface area (Å²) in [6.45, 7) is 8.42. The molecular weight excluding hydrogens is 430 g/mol. The van der Waals surface area contributed by atoms with E-state index in [0.717, 1.165) is 37.7 Å². The molecule has 9 nitrogen and oxygen atoms in total. The van der Waals surface area contributed by atoms with E-state index in [0.29, 0.717) is 40.2 Å². The molecule has 0 bridgehead atoms. The van der Waals surface area contributed by atoms with Gasteiger partial charge in [0.1, 0.15) is 17.3 Å². The predicted octanol–water partition coefficient (Wildman–Crippen LogP) is 3.50. The van der Waals surface area contributed by atoms with Gasteiger partial charge in [-0.1, -0.05) is 13.8 Å². The number of ether oxygens (including phenoxy) is 1. The molecule has 0 radical (unpaired) electrons. The van der Waals surface area contributed by atoms with Crippen LogP contribution in [0.25, 0.3) is 5.69 Å². The molecule has 1 aliphatic rings. The predicted molar refractivity (Wildman–Crippen MR) is 129 cm³/mol. The Labute approximate surface area is 199 Å². The quantitative estimate of drug-likeness (QED) is 0.547. The Morgan fingerprint density at radius 3 is 2.68 bits per heavy atom. The van der Waals surface area contributed by atoms with E-state index in [1.807, 2.05) is 13.0 Å². The van der Waals surface area contributed by atoms with Gasteiger partial charge in [-0.05, 0) is 43.7 Å². The van der Waals surface area contributed by atoms with Crippen LogP contribution in [-0.2, 0) is 0 Å². The zero-order valence-corrected chi connectivity index (χ0v) is 19.8. The lowest BCUT2D eigenvalue weighted by molar-refractivity contribution is 0.186. The Morgan fingerprint density at radius 1 is 1.24 bits per heavy atom. The van der Waals surface area contributed by atoms with Gasteiger partial charge in [0.15, 0.2) is 5.75 Å². The largest absolute Gasteiger partial charge is 0.437 e. The maximum absolute atomic E-state index is 10.0. The number of aliphatic hydroxyl groups excluding tert-OH is 1. The first-order valence-corrected chi connectivity index (χ1v) is 11.6. The van der Waals surface area contributed by atoms with Crippen LogP contribution in [0.2, 0.25) is 0 Å². The molecule has 0 aliphatic carbocycles. The molecular formula is C25H31N7O2. The fraction of sp³-hybridized carbons (Fsp3) is 0.440. The second-order valence-corrected chi connectivity index (χ2v) is 9.05. The van der Waals surface area contributed by atoms with Crippen LogP contribution in [-0.4, -0.2) is 44.5 Å².